The fourth-order valence-corrected chi connectivity index (χ4v) is 1.79. The van der Waals surface area contributed by atoms with Crippen molar-refractivity contribution in [1.82, 2.24) is 5.32 Å². The fourth-order valence-electron chi connectivity index (χ4n) is 1.79. The van der Waals surface area contributed by atoms with Crippen molar-refractivity contribution in [2.45, 2.75) is 30.9 Å². The van der Waals surface area contributed by atoms with E-state index in [0.29, 0.717) is 12.1 Å². The van der Waals surface area contributed by atoms with Crippen LogP contribution in [0, 0.1) is 0 Å². The zero-order valence-corrected chi connectivity index (χ0v) is 6.81. The molecule has 1 saturated heterocycles. The van der Waals surface area contributed by atoms with E-state index < -0.39 is 0 Å². The molecule has 3 nitrogen and oxygen atoms in total. The first-order chi connectivity index (χ1) is 5.35. The van der Waals surface area contributed by atoms with Gasteiger partial charge in [-0.3, -0.25) is 0 Å². The van der Waals surface area contributed by atoms with Crippen LogP contribution in [0.2, 0.25) is 0 Å². The Balaban J connectivity index is 1.84. The van der Waals surface area contributed by atoms with E-state index in [1.54, 1.807) is 0 Å². The number of nitrogens with two attached hydrogens (primary N) is 1. The second-order valence-corrected chi connectivity index (χ2v) is 3.68. The van der Waals surface area contributed by atoms with Gasteiger partial charge in [-0.05, 0) is 19.3 Å². The van der Waals surface area contributed by atoms with Gasteiger partial charge in [-0.2, -0.15) is 0 Å². The van der Waals surface area contributed by atoms with Crippen molar-refractivity contribution in [1.29, 1.82) is 0 Å². The smallest absolute Gasteiger partial charge is 0.0822 e. The van der Waals surface area contributed by atoms with Crippen LogP contribution in [0.25, 0.3) is 0 Å². The molecule has 0 aromatic carbocycles. The van der Waals surface area contributed by atoms with Crippen LogP contribution in [0.4, 0.5) is 0 Å². The van der Waals surface area contributed by atoms with Gasteiger partial charge in [0.1, 0.15) is 0 Å². The zero-order valence-electron chi connectivity index (χ0n) is 6.81. The van der Waals surface area contributed by atoms with Gasteiger partial charge in [0.15, 0.2) is 0 Å². The van der Waals surface area contributed by atoms with Crippen LogP contribution in [0.15, 0.2) is 0 Å². The van der Waals surface area contributed by atoms with Gasteiger partial charge in [-0.15, -0.1) is 0 Å². The molecule has 0 bridgehead atoms. The van der Waals surface area contributed by atoms with Gasteiger partial charge in [-0.1, -0.05) is 0 Å². The lowest BCUT2D eigenvalue weighted by atomic mass is 9.76. The number of ether oxygens (including phenoxy) is 1. The van der Waals surface area contributed by atoms with Crippen molar-refractivity contribution in [3.8, 4) is 0 Å². The Morgan fingerprint density at radius 1 is 1.55 bits per heavy atom. The van der Waals surface area contributed by atoms with Crippen molar-refractivity contribution in [3.63, 3.8) is 0 Å². The molecule has 1 saturated carbocycles. The summed E-state index contributed by atoms with van der Waals surface area (Å²) in [7, 11) is 0. The monoisotopic (exact) mass is 156 g/mol. The standard InChI is InChI=1S/C8H16N2O/c9-4-7-5-10-8(6-11-7)2-1-3-8/h7,10H,1-6,9H2. The van der Waals surface area contributed by atoms with Gasteiger partial charge >= 0.3 is 0 Å². The molecule has 1 aliphatic heterocycles. The first kappa shape index (κ1) is 7.53. The second-order valence-electron chi connectivity index (χ2n) is 3.68. The number of nitrogens with one attached hydrogen (secondary N) is 1. The average Bonchev–Trinajstić information content (AvgIpc) is 2.02. The lowest BCUT2D eigenvalue weighted by Gasteiger charge is -2.47. The van der Waals surface area contributed by atoms with E-state index in [-0.39, 0.29) is 6.10 Å². The highest BCUT2D eigenvalue weighted by Gasteiger charge is 2.40. The first-order valence-corrected chi connectivity index (χ1v) is 4.41. The van der Waals surface area contributed by atoms with Crippen molar-refractivity contribution >= 4 is 0 Å². The van der Waals surface area contributed by atoms with Crippen molar-refractivity contribution < 1.29 is 4.74 Å². The average molecular weight is 156 g/mol. The van der Waals surface area contributed by atoms with E-state index >= 15 is 0 Å². The summed E-state index contributed by atoms with van der Waals surface area (Å²) in [6.45, 7) is 2.45. The molecule has 2 aliphatic rings. The SMILES string of the molecule is NCC1CNC2(CCC2)CO1. The molecule has 3 N–H and O–H groups in total. The third-order valence-electron chi connectivity index (χ3n) is 2.87. The Kier molecular flexibility index (Phi) is 1.87. The summed E-state index contributed by atoms with van der Waals surface area (Å²) >= 11 is 0. The highest BCUT2D eigenvalue weighted by atomic mass is 16.5. The summed E-state index contributed by atoms with van der Waals surface area (Å²) < 4.78 is 5.60. The molecule has 2 rings (SSSR count). The van der Waals surface area contributed by atoms with E-state index in [1.807, 2.05) is 0 Å². The summed E-state index contributed by atoms with van der Waals surface area (Å²) in [5, 5.41) is 3.53. The van der Waals surface area contributed by atoms with Crippen LogP contribution in [-0.2, 0) is 4.74 Å². The van der Waals surface area contributed by atoms with Crippen LogP contribution >= 0.6 is 0 Å². The predicted molar refractivity (Wildman–Crippen MR) is 43.4 cm³/mol. The summed E-state index contributed by atoms with van der Waals surface area (Å²) in [5.74, 6) is 0. The zero-order chi connectivity index (χ0) is 7.73. The van der Waals surface area contributed by atoms with E-state index in [1.165, 1.54) is 19.3 Å². The maximum absolute atomic E-state index is 5.60. The van der Waals surface area contributed by atoms with Gasteiger partial charge in [0.2, 0.25) is 0 Å². The minimum absolute atomic E-state index is 0.251. The Hall–Kier alpha value is -0.120. The number of morpholine rings is 1. The molecule has 0 aromatic heterocycles. The highest BCUT2D eigenvalue weighted by molar-refractivity contribution is 4.98. The van der Waals surface area contributed by atoms with Crippen LogP contribution in [0.5, 0.6) is 0 Å². The molecule has 1 spiro atoms. The Morgan fingerprint density at radius 3 is 2.73 bits per heavy atom. The molecule has 2 fully saturated rings. The summed E-state index contributed by atoms with van der Waals surface area (Å²) in [6, 6.07) is 0. The van der Waals surface area contributed by atoms with Crippen molar-refractivity contribution in [2.24, 2.45) is 5.73 Å². The maximum Gasteiger partial charge on any atom is 0.0822 e. The molecule has 0 aromatic rings. The maximum atomic E-state index is 5.60. The van der Waals surface area contributed by atoms with Crippen molar-refractivity contribution in [3.05, 3.63) is 0 Å². The van der Waals surface area contributed by atoms with Gasteiger partial charge in [-0.25, -0.2) is 0 Å². The normalized spacial score (nSPS) is 35.2. The molecular formula is C8H16N2O. The topological polar surface area (TPSA) is 47.3 Å². The summed E-state index contributed by atoms with van der Waals surface area (Å²) in [6.07, 6.45) is 4.17. The summed E-state index contributed by atoms with van der Waals surface area (Å²) in [4.78, 5) is 0. The number of hydrogen-bond acceptors (Lipinski definition) is 3. The molecule has 0 radical (unpaired) electrons. The molecule has 1 unspecified atom stereocenters. The molecular weight excluding hydrogens is 140 g/mol. The van der Waals surface area contributed by atoms with Crippen molar-refractivity contribution in [2.75, 3.05) is 19.7 Å². The van der Waals surface area contributed by atoms with Crippen LogP contribution in [-0.4, -0.2) is 31.3 Å². The fraction of sp³-hybridized carbons (Fsp3) is 1.00. The van der Waals surface area contributed by atoms with E-state index in [0.717, 1.165) is 13.2 Å². The van der Waals surface area contributed by atoms with E-state index in [2.05, 4.69) is 5.32 Å². The molecule has 1 aliphatic carbocycles. The minimum Gasteiger partial charge on any atom is -0.374 e. The van der Waals surface area contributed by atoms with E-state index in [9.17, 15) is 0 Å². The summed E-state index contributed by atoms with van der Waals surface area (Å²) in [5.41, 5.74) is 5.84. The van der Waals surface area contributed by atoms with Crippen LogP contribution in [0.1, 0.15) is 19.3 Å². The lowest BCUT2D eigenvalue weighted by molar-refractivity contribution is -0.0561. The lowest BCUT2D eigenvalue weighted by Crippen LogP contribution is -2.61. The van der Waals surface area contributed by atoms with Gasteiger partial charge < -0.3 is 15.8 Å². The Labute approximate surface area is 67.3 Å². The third-order valence-corrected chi connectivity index (χ3v) is 2.87. The molecule has 11 heavy (non-hydrogen) atoms. The van der Waals surface area contributed by atoms with E-state index in [4.69, 9.17) is 10.5 Å². The highest BCUT2D eigenvalue weighted by Crippen LogP contribution is 2.33. The molecule has 64 valence electrons. The van der Waals surface area contributed by atoms with Gasteiger partial charge in [0.25, 0.3) is 0 Å². The first-order valence-electron chi connectivity index (χ1n) is 4.41. The Bertz CT molecular complexity index is 135. The Morgan fingerprint density at radius 2 is 2.36 bits per heavy atom. The second kappa shape index (κ2) is 2.73. The third kappa shape index (κ3) is 1.28. The van der Waals surface area contributed by atoms with Gasteiger partial charge in [0, 0.05) is 18.6 Å². The predicted octanol–water partition coefficient (Wildman–Crippen LogP) is -0.144. The molecule has 1 atom stereocenters. The quantitative estimate of drug-likeness (QED) is 0.555. The molecule has 0 amide bonds. The minimum atomic E-state index is 0.251. The van der Waals surface area contributed by atoms with Gasteiger partial charge in [0.05, 0.1) is 12.7 Å². The van der Waals surface area contributed by atoms with Crippen LogP contribution in [0.3, 0.4) is 0 Å². The number of rotatable bonds is 1. The molecule has 3 heteroatoms. The molecule has 1 heterocycles. The van der Waals surface area contributed by atoms with Crippen LogP contribution < -0.4 is 11.1 Å². The number of hydrogen-bond donors (Lipinski definition) is 2. The largest absolute Gasteiger partial charge is 0.374 e.